The second-order valence-electron chi connectivity index (χ2n) is 6.53. The van der Waals surface area contributed by atoms with Crippen molar-refractivity contribution in [3.63, 3.8) is 0 Å². The molecule has 0 amide bonds. The molecule has 0 saturated heterocycles. The van der Waals surface area contributed by atoms with E-state index in [1.165, 1.54) is 0 Å². The van der Waals surface area contributed by atoms with Crippen LogP contribution in [0.3, 0.4) is 0 Å². The lowest BCUT2D eigenvalue weighted by Gasteiger charge is -2.24. The Kier molecular flexibility index (Phi) is 5.69. The fraction of sp³-hybridized carbons (Fsp3) is 0.278. The second kappa shape index (κ2) is 7.22. The van der Waals surface area contributed by atoms with Crippen LogP contribution in [-0.4, -0.2) is 5.78 Å². The van der Waals surface area contributed by atoms with Crippen LogP contribution in [0.25, 0.3) is 0 Å². The SMILES string of the molecule is CC1=C/C(=C/N=Nc2c(Cl)cc(Cl)cc2Cl)C=C(C(C)(C)C)C1=O. The number of carbonyl (C=O) groups excluding carboxylic acids is 1. The molecular weight excluding hydrogens is 367 g/mol. The molecule has 0 spiro atoms. The number of azo groups is 1. The van der Waals surface area contributed by atoms with Gasteiger partial charge in [0.15, 0.2) is 5.78 Å². The first-order chi connectivity index (χ1) is 11.1. The molecule has 3 nitrogen and oxygen atoms in total. The predicted molar refractivity (Wildman–Crippen MR) is 100 cm³/mol. The maximum Gasteiger partial charge on any atom is 0.185 e. The third kappa shape index (κ3) is 4.35. The topological polar surface area (TPSA) is 41.8 Å². The van der Waals surface area contributed by atoms with Crippen molar-refractivity contribution >= 4 is 46.3 Å². The van der Waals surface area contributed by atoms with E-state index in [9.17, 15) is 4.79 Å². The van der Waals surface area contributed by atoms with Gasteiger partial charge in [0.25, 0.3) is 0 Å². The molecule has 24 heavy (non-hydrogen) atoms. The molecule has 0 saturated carbocycles. The van der Waals surface area contributed by atoms with Gasteiger partial charge >= 0.3 is 0 Å². The Balaban J connectivity index is 2.35. The number of hydrogen-bond donors (Lipinski definition) is 0. The number of Topliss-reactive ketones (excluding diaryl/α,β-unsaturated/α-hetero) is 1. The largest absolute Gasteiger partial charge is 0.289 e. The summed E-state index contributed by atoms with van der Waals surface area (Å²) in [6, 6.07) is 3.11. The van der Waals surface area contributed by atoms with Gasteiger partial charge in [0, 0.05) is 10.6 Å². The molecule has 2 rings (SSSR count). The zero-order chi connectivity index (χ0) is 18.1. The van der Waals surface area contributed by atoms with Crippen molar-refractivity contribution in [3.05, 3.63) is 62.3 Å². The zero-order valence-corrected chi connectivity index (χ0v) is 16.1. The molecular formula is C18H17Cl3N2O. The quantitative estimate of drug-likeness (QED) is 0.501. The van der Waals surface area contributed by atoms with Crippen LogP contribution in [0.5, 0.6) is 0 Å². The molecule has 6 heteroatoms. The highest BCUT2D eigenvalue weighted by Crippen LogP contribution is 2.36. The fourth-order valence-electron chi connectivity index (χ4n) is 2.22. The molecule has 0 atom stereocenters. The van der Waals surface area contributed by atoms with Crippen molar-refractivity contribution in [2.45, 2.75) is 27.7 Å². The van der Waals surface area contributed by atoms with E-state index in [1.807, 2.05) is 26.8 Å². The molecule has 0 radical (unpaired) electrons. The van der Waals surface area contributed by atoms with Crippen LogP contribution in [0.2, 0.25) is 15.1 Å². The standard InChI is InChI=1S/C18H17Cl3N2O/c1-10-5-11(6-13(17(10)24)18(2,3)4)9-22-23-16-14(20)7-12(19)8-15(16)21/h5-9H,1-4H3/b11-9-,23-22?. The molecule has 1 aliphatic rings. The van der Waals surface area contributed by atoms with E-state index in [4.69, 9.17) is 34.8 Å². The number of halogens is 3. The maximum absolute atomic E-state index is 12.3. The van der Waals surface area contributed by atoms with Gasteiger partial charge in [0.2, 0.25) is 0 Å². The summed E-state index contributed by atoms with van der Waals surface area (Å²) in [7, 11) is 0. The molecule has 0 aliphatic heterocycles. The van der Waals surface area contributed by atoms with Gasteiger partial charge < -0.3 is 0 Å². The minimum absolute atomic E-state index is 0.0559. The molecule has 0 heterocycles. The highest BCUT2D eigenvalue weighted by molar-refractivity contribution is 6.41. The van der Waals surface area contributed by atoms with Crippen molar-refractivity contribution in [2.75, 3.05) is 0 Å². The molecule has 0 bridgehead atoms. The number of benzene rings is 1. The van der Waals surface area contributed by atoms with Crippen LogP contribution in [0.4, 0.5) is 5.69 Å². The number of carbonyl (C=O) groups is 1. The first-order valence-corrected chi connectivity index (χ1v) is 8.43. The summed E-state index contributed by atoms with van der Waals surface area (Å²) < 4.78 is 0. The minimum atomic E-state index is -0.244. The molecule has 0 N–H and O–H groups in total. The summed E-state index contributed by atoms with van der Waals surface area (Å²) in [6.45, 7) is 7.80. The predicted octanol–water partition coefficient (Wildman–Crippen LogP) is 7.12. The van der Waals surface area contributed by atoms with E-state index in [1.54, 1.807) is 31.3 Å². The Morgan fingerprint density at radius 1 is 1.04 bits per heavy atom. The van der Waals surface area contributed by atoms with Crippen LogP contribution in [0, 0.1) is 5.41 Å². The first-order valence-electron chi connectivity index (χ1n) is 7.30. The molecule has 0 aromatic heterocycles. The molecule has 126 valence electrons. The minimum Gasteiger partial charge on any atom is -0.289 e. The highest BCUT2D eigenvalue weighted by Gasteiger charge is 2.27. The number of hydrogen-bond acceptors (Lipinski definition) is 3. The van der Waals surface area contributed by atoms with Gasteiger partial charge in [-0.05, 0) is 47.8 Å². The summed E-state index contributed by atoms with van der Waals surface area (Å²) in [6.07, 6.45) is 5.18. The Labute approximate surface area is 156 Å². The van der Waals surface area contributed by atoms with Crippen molar-refractivity contribution in [1.82, 2.24) is 0 Å². The Bertz CT molecular complexity index is 789. The molecule has 1 aromatic rings. The average molecular weight is 384 g/mol. The normalized spacial score (nSPS) is 17.5. The third-order valence-corrected chi connectivity index (χ3v) is 4.25. The number of nitrogens with zero attached hydrogens (tertiary/aromatic N) is 2. The number of rotatable bonds is 2. The van der Waals surface area contributed by atoms with E-state index >= 15 is 0 Å². The lowest BCUT2D eigenvalue weighted by molar-refractivity contribution is -0.113. The summed E-state index contributed by atoms with van der Waals surface area (Å²) >= 11 is 18.0. The average Bonchev–Trinajstić information content (AvgIpc) is 2.43. The third-order valence-electron chi connectivity index (χ3n) is 3.45. The van der Waals surface area contributed by atoms with E-state index in [-0.39, 0.29) is 11.2 Å². The van der Waals surface area contributed by atoms with Crippen LogP contribution in [0.1, 0.15) is 27.7 Å². The smallest absolute Gasteiger partial charge is 0.185 e. The van der Waals surface area contributed by atoms with Crippen LogP contribution in [0.15, 0.2) is 57.4 Å². The van der Waals surface area contributed by atoms with Gasteiger partial charge in [0.1, 0.15) is 5.69 Å². The highest BCUT2D eigenvalue weighted by atomic mass is 35.5. The van der Waals surface area contributed by atoms with Gasteiger partial charge in [-0.3, -0.25) is 4.79 Å². The van der Waals surface area contributed by atoms with Crippen molar-refractivity contribution in [3.8, 4) is 0 Å². The summed E-state index contributed by atoms with van der Waals surface area (Å²) in [5.74, 6) is 0.0559. The zero-order valence-electron chi connectivity index (χ0n) is 13.8. The van der Waals surface area contributed by atoms with Crippen LogP contribution >= 0.6 is 34.8 Å². The van der Waals surface area contributed by atoms with Gasteiger partial charge in [-0.2, -0.15) is 5.11 Å². The molecule has 0 unspecified atom stereocenters. The van der Waals surface area contributed by atoms with Crippen LogP contribution < -0.4 is 0 Å². The molecule has 1 aliphatic carbocycles. The number of allylic oxidation sites excluding steroid dienone is 5. The maximum atomic E-state index is 12.3. The van der Waals surface area contributed by atoms with Gasteiger partial charge in [-0.15, -0.1) is 5.11 Å². The van der Waals surface area contributed by atoms with E-state index < -0.39 is 0 Å². The lowest BCUT2D eigenvalue weighted by Crippen LogP contribution is -2.21. The van der Waals surface area contributed by atoms with E-state index in [2.05, 4.69) is 10.2 Å². The van der Waals surface area contributed by atoms with E-state index in [0.29, 0.717) is 26.3 Å². The molecule has 0 fully saturated rings. The lowest BCUT2D eigenvalue weighted by atomic mass is 9.78. The van der Waals surface area contributed by atoms with Crippen LogP contribution in [-0.2, 0) is 4.79 Å². The summed E-state index contributed by atoms with van der Waals surface area (Å²) in [5.41, 5.74) is 2.32. The van der Waals surface area contributed by atoms with Crippen molar-refractivity contribution < 1.29 is 4.79 Å². The second-order valence-corrected chi connectivity index (χ2v) is 7.78. The fourth-order valence-corrected chi connectivity index (χ4v) is 3.11. The molecule has 1 aromatic carbocycles. The van der Waals surface area contributed by atoms with Crippen molar-refractivity contribution in [1.29, 1.82) is 0 Å². The van der Waals surface area contributed by atoms with E-state index in [0.717, 1.165) is 11.1 Å². The number of ketones is 1. The Morgan fingerprint density at radius 2 is 1.62 bits per heavy atom. The monoisotopic (exact) mass is 382 g/mol. The van der Waals surface area contributed by atoms with Gasteiger partial charge in [0.05, 0.1) is 16.2 Å². The first kappa shape index (κ1) is 18.9. The van der Waals surface area contributed by atoms with Gasteiger partial charge in [-0.25, -0.2) is 0 Å². The van der Waals surface area contributed by atoms with Gasteiger partial charge in [-0.1, -0.05) is 55.6 Å². The summed E-state index contributed by atoms with van der Waals surface area (Å²) in [5, 5.41) is 9.18. The van der Waals surface area contributed by atoms with Crippen molar-refractivity contribution in [2.24, 2.45) is 15.6 Å². The Morgan fingerprint density at radius 3 is 2.17 bits per heavy atom. The summed E-state index contributed by atoms with van der Waals surface area (Å²) in [4.78, 5) is 12.3. The Hall–Kier alpha value is -1.42.